The summed E-state index contributed by atoms with van der Waals surface area (Å²) in [5, 5.41) is 0. The molecule has 22 heavy (non-hydrogen) atoms. The maximum Gasteiger partial charge on any atom is 0.222 e. The van der Waals surface area contributed by atoms with Gasteiger partial charge >= 0.3 is 0 Å². The Kier molecular flexibility index (Phi) is 4.63. The number of rotatable bonds is 4. The molecule has 2 unspecified atom stereocenters. The first-order valence-electron chi connectivity index (χ1n) is 8.44. The molecule has 0 aromatic heterocycles. The van der Waals surface area contributed by atoms with Gasteiger partial charge in [0.2, 0.25) is 5.91 Å². The van der Waals surface area contributed by atoms with E-state index in [0.29, 0.717) is 24.4 Å². The van der Waals surface area contributed by atoms with E-state index in [0.717, 1.165) is 19.6 Å². The van der Waals surface area contributed by atoms with Crippen LogP contribution in [0.1, 0.15) is 38.7 Å². The molecule has 1 aromatic carbocycles. The van der Waals surface area contributed by atoms with Crippen LogP contribution in [0.3, 0.4) is 0 Å². The van der Waals surface area contributed by atoms with Crippen molar-refractivity contribution in [2.24, 2.45) is 0 Å². The summed E-state index contributed by atoms with van der Waals surface area (Å²) in [7, 11) is 0. The van der Waals surface area contributed by atoms with E-state index >= 15 is 0 Å². The minimum absolute atomic E-state index is 0.336. The first-order chi connectivity index (χ1) is 10.7. The van der Waals surface area contributed by atoms with Crippen molar-refractivity contribution in [1.29, 1.82) is 0 Å². The van der Waals surface area contributed by atoms with Crippen LogP contribution >= 0.6 is 0 Å². The molecule has 118 valence electrons. The fourth-order valence-corrected chi connectivity index (χ4v) is 3.81. The second kappa shape index (κ2) is 6.66. The van der Waals surface area contributed by atoms with E-state index in [4.69, 9.17) is 0 Å². The highest BCUT2D eigenvalue weighted by molar-refractivity contribution is 5.77. The molecular weight excluding hydrogens is 272 g/mol. The van der Waals surface area contributed by atoms with Crippen molar-refractivity contribution in [2.45, 2.75) is 45.2 Å². The average molecular weight is 298 g/mol. The predicted octanol–water partition coefficient (Wildman–Crippen LogP) is 3.18. The number of hydrogen-bond acceptors (Lipinski definition) is 2. The van der Waals surface area contributed by atoms with Gasteiger partial charge in [0, 0.05) is 38.1 Å². The first kappa shape index (κ1) is 15.3. The summed E-state index contributed by atoms with van der Waals surface area (Å²) in [6.07, 6.45) is 5.31. The molecule has 0 N–H and O–H groups in total. The van der Waals surface area contributed by atoms with E-state index in [2.05, 4.69) is 53.1 Å². The second-order valence-corrected chi connectivity index (χ2v) is 6.51. The predicted molar refractivity (Wildman–Crippen MR) is 90.5 cm³/mol. The largest absolute Gasteiger partial charge is 0.334 e. The lowest BCUT2D eigenvalue weighted by atomic mass is 10.1. The number of allylic oxidation sites excluding steroid dienone is 1. The summed E-state index contributed by atoms with van der Waals surface area (Å²) >= 11 is 0. The molecule has 2 heterocycles. The molecule has 0 saturated carbocycles. The summed E-state index contributed by atoms with van der Waals surface area (Å²) in [4.78, 5) is 16.8. The number of hydrogen-bond donors (Lipinski definition) is 0. The van der Waals surface area contributed by atoms with Gasteiger partial charge in [-0.15, -0.1) is 0 Å². The lowest BCUT2D eigenvalue weighted by Gasteiger charge is -2.40. The maximum atomic E-state index is 12.1. The van der Waals surface area contributed by atoms with E-state index in [9.17, 15) is 4.79 Å². The van der Waals surface area contributed by atoms with Crippen LogP contribution in [0.25, 0.3) is 5.57 Å². The van der Waals surface area contributed by atoms with Crippen LogP contribution in [0.5, 0.6) is 0 Å². The van der Waals surface area contributed by atoms with Crippen molar-refractivity contribution in [2.75, 3.05) is 19.6 Å². The monoisotopic (exact) mass is 298 g/mol. The number of benzene rings is 1. The van der Waals surface area contributed by atoms with Crippen molar-refractivity contribution in [3.05, 3.63) is 42.0 Å². The number of carbonyl (C=O) groups excluding carboxylic acids is 1. The molecule has 2 saturated heterocycles. The van der Waals surface area contributed by atoms with Gasteiger partial charge in [0.05, 0.1) is 0 Å². The van der Waals surface area contributed by atoms with Gasteiger partial charge in [0.1, 0.15) is 0 Å². The SMILES string of the molecule is CCC(=O)N1C2CCC1CN(C/C=C(\C)c1ccccc1)C2. The van der Waals surface area contributed by atoms with Crippen LogP contribution in [0, 0.1) is 0 Å². The zero-order valence-corrected chi connectivity index (χ0v) is 13.7. The van der Waals surface area contributed by atoms with Crippen molar-refractivity contribution in [1.82, 2.24) is 9.80 Å². The van der Waals surface area contributed by atoms with Crippen LogP contribution in [0.15, 0.2) is 36.4 Å². The Bertz CT molecular complexity index is 538. The third-order valence-corrected chi connectivity index (χ3v) is 5.03. The van der Waals surface area contributed by atoms with E-state index < -0.39 is 0 Å². The summed E-state index contributed by atoms with van der Waals surface area (Å²) in [6, 6.07) is 11.4. The lowest BCUT2D eigenvalue weighted by Crippen LogP contribution is -2.55. The molecular formula is C19H26N2O. The van der Waals surface area contributed by atoms with Crippen LogP contribution < -0.4 is 0 Å². The molecule has 2 aliphatic rings. The van der Waals surface area contributed by atoms with Gasteiger partial charge in [0.25, 0.3) is 0 Å². The van der Waals surface area contributed by atoms with Crippen LogP contribution in [-0.2, 0) is 4.79 Å². The van der Waals surface area contributed by atoms with Crippen LogP contribution in [-0.4, -0.2) is 47.4 Å². The van der Waals surface area contributed by atoms with Crippen molar-refractivity contribution < 1.29 is 4.79 Å². The van der Waals surface area contributed by atoms with Gasteiger partial charge in [-0.05, 0) is 30.9 Å². The second-order valence-electron chi connectivity index (χ2n) is 6.51. The van der Waals surface area contributed by atoms with E-state index in [1.807, 2.05) is 6.92 Å². The van der Waals surface area contributed by atoms with E-state index in [-0.39, 0.29) is 0 Å². The summed E-state index contributed by atoms with van der Waals surface area (Å²) in [5.74, 6) is 0.336. The molecule has 0 spiro atoms. The fourth-order valence-electron chi connectivity index (χ4n) is 3.81. The van der Waals surface area contributed by atoms with Crippen molar-refractivity contribution in [3.8, 4) is 0 Å². The molecule has 3 heteroatoms. The molecule has 0 aliphatic carbocycles. The van der Waals surface area contributed by atoms with Gasteiger partial charge in [-0.2, -0.15) is 0 Å². The van der Waals surface area contributed by atoms with Gasteiger partial charge in [-0.1, -0.05) is 43.3 Å². The van der Waals surface area contributed by atoms with Gasteiger partial charge in [-0.25, -0.2) is 0 Å². The lowest BCUT2D eigenvalue weighted by molar-refractivity contribution is -0.136. The number of piperazine rings is 1. The van der Waals surface area contributed by atoms with Gasteiger partial charge < -0.3 is 4.90 Å². The minimum atomic E-state index is 0.336. The van der Waals surface area contributed by atoms with Crippen molar-refractivity contribution in [3.63, 3.8) is 0 Å². The number of nitrogens with zero attached hydrogens (tertiary/aromatic N) is 2. The quantitative estimate of drug-likeness (QED) is 0.852. The normalized spacial score (nSPS) is 25.5. The first-order valence-corrected chi connectivity index (χ1v) is 8.44. The Morgan fingerprint density at radius 2 is 1.82 bits per heavy atom. The van der Waals surface area contributed by atoms with Crippen LogP contribution in [0.2, 0.25) is 0 Å². The smallest absolute Gasteiger partial charge is 0.222 e. The Hall–Kier alpha value is -1.61. The standard InChI is InChI=1S/C19H26N2O/c1-3-19(22)21-17-9-10-18(21)14-20(13-17)12-11-15(2)16-7-5-4-6-8-16/h4-8,11,17-18H,3,9-10,12-14H2,1-2H3/b15-11+. The van der Waals surface area contributed by atoms with E-state index in [1.165, 1.54) is 24.0 Å². The highest BCUT2D eigenvalue weighted by Gasteiger charge is 2.41. The minimum Gasteiger partial charge on any atom is -0.334 e. The topological polar surface area (TPSA) is 23.6 Å². The van der Waals surface area contributed by atoms with Gasteiger partial charge in [-0.3, -0.25) is 9.69 Å². The molecule has 0 radical (unpaired) electrons. The Morgan fingerprint density at radius 3 is 2.41 bits per heavy atom. The Labute approximate surface area is 133 Å². The summed E-state index contributed by atoms with van der Waals surface area (Å²) in [5.41, 5.74) is 2.63. The number of fused-ring (bicyclic) bond motifs is 2. The molecule has 1 amide bonds. The Morgan fingerprint density at radius 1 is 1.18 bits per heavy atom. The van der Waals surface area contributed by atoms with Gasteiger partial charge in [0.15, 0.2) is 0 Å². The zero-order chi connectivity index (χ0) is 15.5. The molecule has 3 nitrogen and oxygen atoms in total. The number of carbonyl (C=O) groups is 1. The molecule has 2 bridgehead atoms. The average Bonchev–Trinajstić information content (AvgIpc) is 2.83. The number of amides is 1. The summed E-state index contributed by atoms with van der Waals surface area (Å²) in [6.45, 7) is 7.20. The maximum absolute atomic E-state index is 12.1. The summed E-state index contributed by atoms with van der Waals surface area (Å²) < 4.78 is 0. The Balaban J connectivity index is 1.61. The molecule has 1 aromatic rings. The molecule has 2 atom stereocenters. The fraction of sp³-hybridized carbons (Fsp3) is 0.526. The van der Waals surface area contributed by atoms with Crippen LogP contribution in [0.4, 0.5) is 0 Å². The molecule has 2 fully saturated rings. The highest BCUT2D eigenvalue weighted by atomic mass is 16.2. The van der Waals surface area contributed by atoms with Crippen molar-refractivity contribution >= 4 is 11.5 Å². The highest BCUT2D eigenvalue weighted by Crippen LogP contribution is 2.30. The zero-order valence-electron chi connectivity index (χ0n) is 13.7. The number of likely N-dealkylation sites (tertiary alicyclic amines) is 1. The third-order valence-electron chi connectivity index (χ3n) is 5.03. The molecule has 2 aliphatic heterocycles. The molecule has 3 rings (SSSR count). The third kappa shape index (κ3) is 3.09. The van der Waals surface area contributed by atoms with E-state index in [1.54, 1.807) is 0 Å².